The van der Waals surface area contributed by atoms with Gasteiger partial charge in [0, 0.05) is 20.1 Å². The number of hydrogen-bond donors (Lipinski definition) is 0. The third-order valence-electron chi connectivity index (χ3n) is 4.01. The Hall–Kier alpha value is -0.890. The van der Waals surface area contributed by atoms with Gasteiger partial charge in [0.1, 0.15) is 5.78 Å². The number of carbonyl (C=O) groups is 1. The average Bonchev–Trinajstić information content (AvgIpc) is 2.76. The molecule has 0 aromatic rings. The van der Waals surface area contributed by atoms with Gasteiger partial charge >= 0.3 is 0 Å². The number of unbranched alkanes of at least 4 members (excludes halogenated alkanes) is 2. The van der Waals surface area contributed by atoms with Gasteiger partial charge in [0.2, 0.25) is 0 Å². The fourth-order valence-electron chi connectivity index (χ4n) is 2.80. The number of hydrogen-bond acceptors (Lipinski definition) is 2. The number of ether oxygens (including phenoxy) is 1. The van der Waals surface area contributed by atoms with Crippen molar-refractivity contribution in [2.75, 3.05) is 13.7 Å². The molecule has 0 N–H and O–H groups in total. The summed E-state index contributed by atoms with van der Waals surface area (Å²) >= 11 is 0. The Balaban J connectivity index is 2.33. The zero-order chi connectivity index (χ0) is 15.0. The molecule has 1 unspecified atom stereocenters. The normalized spacial score (nSPS) is 18.4. The maximum atomic E-state index is 12.4. The van der Waals surface area contributed by atoms with E-state index in [1.165, 1.54) is 30.4 Å². The summed E-state index contributed by atoms with van der Waals surface area (Å²) in [4.78, 5) is 12.4. The smallest absolute Gasteiger partial charge is 0.144 e. The molecule has 0 amide bonds. The molecule has 0 aromatic heterocycles. The molecule has 0 aromatic carbocycles. The second-order valence-electron chi connectivity index (χ2n) is 6.29. The monoisotopic (exact) mass is 278 g/mol. The van der Waals surface area contributed by atoms with Crippen molar-refractivity contribution in [2.45, 2.75) is 59.3 Å². The minimum Gasteiger partial charge on any atom is -0.384 e. The van der Waals surface area contributed by atoms with E-state index in [0.717, 1.165) is 25.2 Å². The van der Waals surface area contributed by atoms with Crippen LogP contribution in [0.15, 0.2) is 23.3 Å². The molecule has 0 spiro atoms. The standard InChI is InChI=1S/C18H30O2/c1-14(2)8-6-5-7-9-17(19)18-15(3)10-11-16(18)12-13-20-4/h10-11,14,18H,5-9,12-13H2,1-4H3. The van der Waals surface area contributed by atoms with Crippen LogP contribution in [0.4, 0.5) is 0 Å². The summed E-state index contributed by atoms with van der Waals surface area (Å²) in [6, 6.07) is 0. The van der Waals surface area contributed by atoms with Crippen LogP contribution in [0.2, 0.25) is 0 Å². The lowest BCUT2D eigenvalue weighted by molar-refractivity contribution is -0.121. The lowest BCUT2D eigenvalue weighted by atomic mass is 9.88. The van der Waals surface area contributed by atoms with Crippen LogP contribution in [0.5, 0.6) is 0 Å². The second kappa shape index (κ2) is 9.12. The number of rotatable bonds is 10. The first-order chi connectivity index (χ1) is 9.56. The van der Waals surface area contributed by atoms with Crippen LogP contribution in [-0.2, 0) is 9.53 Å². The topological polar surface area (TPSA) is 26.3 Å². The van der Waals surface area contributed by atoms with Crippen LogP contribution in [0.25, 0.3) is 0 Å². The summed E-state index contributed by atoms with van der Waals surface area (Å²) in [6.07, 6.45) is 10.5. The van der Waals surface area contributed by atoms with Gasteiger partial charge in [-0.1, -0.05) is 56.4 Å². The average molecular weight is 278 g/mol. The zero-order valence-electron chi connectivity index (χ0n) is 13.6. The fourth-order valence-corrected chi connectivity index (χ4v) is 2.80. The molecule has 0 saturated heterocycles. The Labute approximate surface area is 124 Å². The quantitative estimate of drug-likeness (QED) is 0.541. The summed E-state index contributed by atoms with van der Waals surface area (Å²) in [7, 11) is 1.71. The lowest BCUT2D eigenvalue weighted by Crippen LogP contribution is -2.17. The number of allylic oxidation sites excluding steroid dienone is 3. The van der Waals surface area contributed by atoms with E-state index in [2.05, 4.69) is 32.9 Å². The van der Waals surface area contributed by atoms with Gasteiger partial charge in [-0.25, -0.2) is 0 Å². The first kappa shape index (κ1) is 17.2. The molecule has 0 heterocycles. The van der Waals surface area contributed by atoms with Crippen LogP contribution in [0.3, 0.4) is 0 Å². The van der Waals surface area contributed by atoms with Crippen molar-refractivity contribution in [1.29, 1.82) is 0 Å². The highest BCUT2D eigenvalue weighted by atomic mass is 16.5. The van der Waals surface area contributed by atoms with Gasteiger partial charge in [-0.05, 0) is 25.7 Å². The molecule has 0 bridgehead atoms. The molecule has 1 aliphatic rings. The minimum absolute atomic E-state index is 0.0373. The van der Waals surface area contributed by atoms with Crippen molar-refractivity contribution in [2.24, 2.45) is 11.8 Å². The predicted molar refractivity (Wildman–Crippen MR) is 84.8 cm³/mol. The maximum Gasteiger partial charge on any atom is 0.144 e. The molecule has 2 heteroatoms. The van der Waals surface area contributed by atoms with Crippen LogP contribution in [0.1, 0.15) is 59.3 Å². The highest BCUT2D eigenvalue weighted by molar-refractivity contribution is 5.87. The van der Waals surface area contributed by atoms with Crippen LogP contribution < -0.4 is 0 Å². The molecule has 2 nitrogen and oxygen atoms in total. The molecule has 114 valence electrons. The van der Waals surface area contributed by atoms with Gasteiger partial charge in [0.05, 0.1) is 5.92 Å². The maximum absolute atomic E-state index is 12.4. The predicted octanol–water partition coefficient (Wildman–Crippen LogP) is 4.70. The van der Waals surface area contributed by atoms with Crippen molar-refractivity contribution in [3.05, 3.63) is 23.3 Å². The summed E-state index contributed by atoms with van der Waals surface area (Å²) < 4.78 is 5.13. The first-order valence-electron chi connectivity index (χ1n) is 7.95. The Bertz CT molecular complexity index is 364. The Morgan fingerprint density at radius 2 is 2.00 bits per heavy atom. The van der Waals surface area contributed by atoms with Crippen LogP contribution in [-0.4, -0.2) is 19.5 Å². The molecular weight excluding hydrogens is 248 g/mol. The minimum atomic E-state index is 0.0373. The third kappa shape index (κ3) is 5.62. The number of ketones is 1. The van der Waals surface area contributed by atoms with Crippen molar-refractivity contribution in [3.8, 4) is 0 Å². The van der Waals surface area contributed by atoms with Gasteiger partial charge in [-0.15, -0.1) is 0 Å². The van der Waals surface area contributed by atoms with E-state index >= 15 is 0 Å². The Morgan fingerprint density at radius 3 is 2.65 bits per heavy atom. The number of Topliss-reactive ketones (excluding diaryl/α,β-unsaturated/α-hetero) is 1. The first-order valence-corrected chi connectivity index (χ1v) is 7.95. The Kier molecular flexibility index (Phi) is 7.83. The summed E-state index contributed by atoms with van der Waals surface area (Å²) in [6.45, 7) is 7.28. The van der Waals surface area contributed by atoms with E-state index in [0.29, 0.717) is 12.4 Å². The van der Waals surface area contributed by atoms with Crippen LogP contribution >= 0.6 is 0 Å². The van der Waals surface area contributed by atoms with Gasteiger partial charge in [0.15, 0.2) is 0 Å². The molecule has 1 atom stereocenters. The van der Waals surface area contributed by atoms with E-state index < -0.39 is 0 Å². The van der Waals surface area contributed by atoms with Crippen molar-refractivity contribution in [1.82, 2.24) is 0 Å². The molecule has 1 aliphatic carbocycles. The van der Waals surface area contributed by atoms with Gasteiger partial charge < -0.3 is 4.74 Å². The lowest BCUT2D eigenvalue weighted by Gasteiger charge is -2.16. The van der Waals surface area contributed by atoms with Gasteiger partial charge in [-0.3, -0.25) is 4.79 Å². The van der Waals surface area contributed by atoms with Gasteiger partial charge in [-0.2, -0.15) is 0 Å². The van der Waals surface area contributed by atoms with Crippen LogP contribution in [0, 0.1) is 11.8 Å². The number of carbonyl (C=O) groups excluding carboxylic acids is 1. The Morgan fingerprint density at radius 1 is 1.25 bits per heavy atom. The van der Waals surface area contributed by atoms with E-state index in [-0.39, 0.29) is 5.92 Å². The highest BCUT2D eigenvalue weighted by Crippen LogP contribution is 2.31. The highest BCUT2D eigenvalue weighted by Gasteiger charge is 2.26. The third-order valence-corrected chi connectivity index (χ3v) is 4.01. The molecule has 0 radical (unpaired) electrons. The SMILES string of the molecule is COCCC1=CC=C(C)C1C(=O)CCCCCC(C)C. The summed E-state index contributed by atoms with van der Waals surface area (Å²) in [5.74, 6) is 1.20. The molecule has 0 aliphatic heterocycles. The molecule has 20 heavy (non-hydrogen) atoms. The van der Waals surface area contributed by atoms with E-state index in [9.17, 15) is 4.79 Å². The molecule has 1 rings (SSSR count). The number of methoxy groups -OCH3 is 1. The fraction of sp³-hybridized carbons (Fsp3) is 0.722. The summed E-state index contributed by atoms with van der Waals surface area (Å²) in [5, 5.41) is 0. The van der Waals surface area contributed by atoms with Crippen molar-refractivity contribution < 1.29 is 9.53 Å². The van der Waals surface area contributed by atoms with Gasteiger partial charge in [0.25, 0.3) is 0 Å². The largest absolute Gasteiger partial charge is 0.384 e. The van der Waals surface area contributed by atoms with E-state index in [1.807, 2.05) is 0 Å². The van der Waals surface area contributed by atoms with Crippen molar-refractivity contribution >= 4 is 5.78 Å². The van der Waals surface area contributed by atoms with E-state index in [4.69, 9.17) is 4.74 Å². The molecule has 0 saturated carbocycles. The molecule has 0 fully saturated rings. The van der Waals surface area contributed by atoms with E-state index in [1.54, 1.807) is 7.11 Å². The zero-order valence-corrected chi connectivity index (χ0v) is 13.6. The van der Waals surface area contributed by atoms with Crippen molar-refractivity contribution in [3.63, 3.8) is 0 Å². The summed E-state index contributed by atoms with van der Waals surface area (Å²) in [5.41, 5.74) is 2.43. The molecular formula is C18H30O2. The second-order valence-corrected chi connectivity index (χ2v) is 6.29.